The molecule has 1 aliphatic rings. The summed E-state index contributed by atoms with van der Waals surface area (Å²) < 4.78 is 2.25. The van der Waals surface area contributed by atoms with Crippen molar-refractivity contribution in [1.29, 1.82) is 0 Å². The van der Waals surface area contributed by atoms with Crippen molar-refractivity contribution in [2.24, 2.45) is 5.92 Å². The maximum absolute atomic E-state index is 8.74. The molecule has 1 rings (SSSR count). The van der Waals surface area contributed by atoms with Gasteiger partial charge in [-0.3, -0.25) is 0 Å². The van der Waals surface area contributed by atoms with Crippen LogP contribution in [0.5, 0.6) is 0 Å². The van der Waals surface area contributed by atoms with Gasteiger partial charge >= 0.3 is 0 Å². The van der Waals surface area contributed by atoms with E-state index >= 15 is 0 Å². The van der Waals surface area contributed by atoms with Crippen molar-refractivity contribution < 1.29 is 9.68 Å². The van der Waals surface area contributed by atoms with Crippen LogP contribution in [0.15, 0.2) is 12.3 Å². The second-order valence-corrected chi connectivity index (χ2v) is 4.26. The first-order valence-corrected chi connectivity index (χ1v) is 5.44. The minimum Gasteiger partial charge on any atom is -0.405 e. The lowest BCUT2D eigenvalue weighted by Gasteiger charge is -2.10. The molecule has 0 saturated heterocycles. The van der Waals surface area contributed by atoms with Gasteiger partial charge in [0.05, 0.1) is 0 Å². The standard InChI is InChI=1S/C11H20BNO/c1-10(2)3-6-13-7-4-11(5-8-13)12-9-14/h4,7-8,10-11,14H,3,5-6,9H2,1-2H3/q+1. The van der Waals surface area contributed by atoms with Crippen LogP contribution in [0.1, 0.15) is 26.7 Å². The van der Waals surface area contributed by atoms with E-state index in [1.807, 2.05) is 7.28 Å². The molecular formula is C11H20BNO+. The first-order chi connectivity index (χ1) is 6.72. The largest absolute Gasteiger partial charge is 0.405 e. The fourth-order valence-corrected chi connectivity index (χ4v) is 1.50. The smallest absolute Gasteiger partial charge is 0.164 e. The van der Waals surface area contributed by atoms with Crippen LogP contribution in [0.25, 0.3) is 0 Å². The molecule has 0 saturated carbocycles. The Morgan fingerprint density at radius 3 is 2.86 bits per heavy atom. The lowest BCUT2D eigenvalue weighted by molar-refractivity contribution is -0.456. The van der Waals surface area contributed by atoms with Crippen molar-refractivity contribution in [1.82, 2.24) is 0 Å². The number of allylic oxidation sites excluding steroid dienone is 1. The van der Waals surface area contributed by atoms with Crippen LogP contribution in [0.3, 0.4) is 0 Å². The summed E-state index contributed by atoms with van der Waals surface area (Å²) in [4.78, 5) is 0. The summed E-state index contributed by atoms with van der Waals surface area (Å²) in [5.74, 6) is 1.19. The number of rotatable bonds is 5. The molecule has 0 fully saturated rings. The van der Waals surface area contributed by atoms with Gasteiger partial charge in [0.2, 0.25) is 0 Å². The van der Waals surface area contributed by atoms with Gasteiger partial charge in [-0.1, -0.05) is 13.8 Å². The Morgan fingerprint density at radius 2 is 2.36 bits per heavy atom. The zero-order chi connectivity index (χ0) is 10.4. The van der Waals surface area contributed by atoms with Crippen LogP contribution in [-0.4, -0.2) is 36.2 Å². The Labute approximate surface area is 87.6 Å². The Balaban J connectivity index is 2.28. The van der Waals surface area contributed by atoms with Crippen molar-refractivity contribution >= 4 is 13.5 Å². The molecule has 0 aliphatic carbocycles. The van der Waals surface area contributed by atoms with Gasteiger partial charge in [0, 0.05) is 19.3 Å². The summed E-state index contributed by atoms with van der Waals surface area (Å²) in [6.07, 6.45) is 8.77. The number of hydrogen-bond acceptors (Lipinski definition) is 1. The Kier molecular flexibility index (Phi) is 4.95. The molecule has 0 bridgehead atoms. The average molecular weight is 193 g/mol. The monoisotopic (exact) mass is 193 g/mol. The third kappa shape index (κ3) is 4.10. The zero-order valence-electron chi connectivity index (χ0n) is 9.19. The molecule has 1 N–H and O–H groups in total. The van der Waals surface area contributed by atoms with E-state index in [2.05, 4.69) is 36.9 Å². The predicted octanol–water partition coefficient (Wildman–Crippen LogP) is 1.48. The van der Waals surface area contributed by atoms with Crippen LogP contribution >= 0.6 is 0 Å². The van der Waals surface area contributed by atoms with Crippen molar-refractivity contribution in [3.63, 3.8) is 0 Å². The van der Waals surface area contributed by atoms with Crippen LogP contribution < -0.4 is 0 Å². The SMILES string of the molecule is CC(C)CC[N+]1=CCC([B]CO)C=C1. The first kappa shape index (κ1) is 11.5. The van der Waals surface area contributed by atoms with E-state index in [-0.39, 0.29) is 6.51 Å². The minimum atomic E-state index is 0.175. The van der Waals surface area contributed by atoms with E-state index in [9.17, 15) is 0 Å². The van der Waals surface area contributed by atoms with Gasteiger partial charge in [-0.05, 0) is 17.8 Å². The average Bonchev–Trinajstić information content (AvgIpc) is 2.17. The molecule has 3 heteroatoms. The van der Waals surface area contributed by atoms with Gasteiger partial charge in [-0.15, -0.1) is 0 Å². The summed E-state index contributed by atoms with van der Waals surface area (Å²) in [6, 6.07) is 0. The number of hydrogen-bond donors (Lipinski definition) is 1. The van der Waals surface area contributed by atoms with Gasteiger partial charge in [0.25, 0.3) is 0 Å². The van der Waals surface area contributed by atoms with Crippen LogP contribution in [0.4, 0.5) is 0 Å². The highest BCUT2D eigenvalue weighted by atomic mass is 16.2. The van der Waals surface area contributed by atoms with Crippen LogP contribution in [0.2, 0.25) is 5.82 Å². The van der Waals surface area contributed by atoms with E-state index in [1.54, 1.807) is 0 Å². The highest BCUT2D eigenvalue weighted by Gasteiger charge is 2.13. The van der Waals surface area contributed by atoms with Gasteiger partial charge < -0.3 is 5.11 Å². The maximum atomic E-state index is 8.74. The summed E-state index contributed by atoms with van der Waals surface area (Å²) in [5, 5.41) is 8.74. The summed E-state index contributed by atoms with van der Waals surface area (Å²) >= 11 is 0. The first-order valence-electron chi connectivity index (χ1n) is 5.44. The quantitative estimate of drug-likeness (QED) is 0.518. The molecule has 0 aromatic heterocycles. The molecule has 1 aliphatic heterocycles. The predicted molar refractivity (Wildman–Crippen MR) is 61.0 cm³/mol. The highest BCUT2D eigenvalue weighted by Crippen LogP contribution is 2.13. The molecule has 1 radical (unpaired) electrons. The van der Waals surface area contributed by atoms with E-state index in [1.165, 1.54) is 6.42 Å². The molecule has 0 aromatic rings. The van der Waals surface area contributed by atoms with E-state index in [0.717, 1.165) is 18.9 Å². The van der Waals surface area contributed by atoms with Gasteiger partial charge in [0.1, 0.15) is 12.8 Å². The lowest BCUT2D eigenvalue weighted by Crippen LogP contribution is -2.17. The molecule has 1 heterocycles. The van der Waals surface area contributed by atoms with Crippen molar-refractivity contribution in [2.45, 2.75) is 32.5 Å². The van der Waals surface area contributed by atoms with E-state index < -0.39 is 0 Å². The van der Waals surface area contributed by atoms with Crippen LogP contribution in [0, 0.1) is 5.92 Å². The maximum Gasteiger partial charge on any atom is 0.164 e. The Bertz CT molecular complexity index is 223. The number of aliphatic hydroxyl groups excluding tert-OH is 1. The molecule has 14 heavy (non-hydrogen) atoms. The van der Waals surface area contributed by atoms with Gasteiger partial charge in [0.15, 0.2) is 13.5 Å². The Hall–Kier alpha value is -0.565. The second-order valence-electron chi connectivity index (χ2n) is 4.26. The third-order valence-electron chi connectivity index (χ3n) is 2.51. The van der Waals surface area contributed by atoms with Crippen molar-refractivity contribution in [2.75, 3.05) is 13.1 Å². The molecule has 0 spiro atoms. The molecular weight excluding hydrogens is 173 g/mol. The van der Waals surface area contributed by atoms with Gasteiger partial charge in [-0.2, -0.15) is 0 Å². The number of nitrogens with zero attached hydrogens (tertiary/aromatic N) is 1. The Morgan fingerprint density at radius 1 is 1.57 bits per heavy atom. The molecule has 1 atom stereocenters. The summed E-state index contributed by atoms with van der Waals surface area (Å²) in [6.45, 7) is 5.78. The van der Waals surface area contributed by atoms with Crippen molar-refractivity contribution in [3.8, 4) is 0 Å². The molecule has 0 amide bonds. The molecule has 1 unspecified atom stereocenters. The van der Waals surface area contributed by atoms with E-state index in [4.69, 9.17) is 5.11 Å². The lowest BCUT2D eigenvalue weighted by atomic mass is 9.64. The topological polar surface area (TPSA) is 23.2 Å². The summed E-state index contributed by atoms with van der Waals surface area (Å²) in [7, 11) is 1.94. The molecule has 0 aromatic carbocycles. The summed E-state index contributed by atoms with van der Waals surface area (Å²) in [5.41, 5.74) is 0. The third-order valence-corrected chi connectivity index (χ3v) is 2.51. The highest BCUT2D eigenvalue weighted by molar-refractivity contribution is 6.38. The van der Waals surface area contributed by atoms with E-state index in [0.29, 0.717) is 5.82 Å². The zero-order valence-corrected chi connectivity index (χ0v) is 9.19. The molecule has 2 nitrogen and oxygen atoms in total. The fourth-order valence-electron chi connectivity index (χ4n) is 1.50. The van der Waals surface area contributed by atoms with Crippen LogP contribution in [-0.2, 0) is 0 Å². The normalized spacial score (nSPS) is 21.1. The fraction of sp³-hybridized carbons (Fsp3) is 0.727. The minimum absolute atomic E-state index is 0.175. The molecule has 77 valence electrons. The van der Waals surface area contributed by atoms with Crippen molar-refractivity contribution in [3.05, 3.63) is 12.3 Å². The second kappa shape index (κ2) is 6.02. The number of aliphatic hydroxyl groups is 1. The van der Waals surface area contributed by atoms with Gasteiger partial charge in [-0.25, -0.2) is 4.58 Å².